The second-order valence-electron chi connectivity index (χ2n) is 7.20. The zero-order valence-electron chi connectivity index (χ0n) is 14.5. The highest BCUT2D eigenvalue weighted by Gasteiger charge is 2.22. The van der Waals surface area contributed by atoms with Crippen molar-refractivity contribution in [1.29, 1.82) is 0 Å². The maximum Gasteiger partial charge on any atom is 0.0406 e. The number of rotatable bonds is 4. The van der Waals surface area contributed by atoms with E-state index in [1.165, 1.54) is 57.4 Å². The van der Waals surface area contributed by atoms with Crippen LogP contribution in [0.5, 0.6) is 0 Å². The highest BCUT2D eigenvalue weighted by molar-refractivity contribution is 6.30. The lowest BCUT2D eigenvalue weighted by Crippen LogP contribution is -2.49. The minimum absolute atomic E-state index is 0.677. The van der Waals surface area contributed by atoms with E-state index in [4.69, 9.17) is 11.6 Å². The van der Waals surface area contributed by atoms with Crippen LogP contribution >= 0.6 is 11.6 Å². The first-order chi connectivity index (χ1) is 11.1. The fraction of sp³-hybridized carbons (Fsp3) is 0.600. The average molecular weight is 333 g/mol. The Morgan fingerprint density at radius 1 is 0.957 bits per heavy atom. The molecule has 1 aliphatic carbocycles. The molecule has 2 aliphatic rings. The first-order valence-corrected chi connectivity index (χ1v) is 9.44. The quantitative estimate of drug-likeness (QED) is 0.789. The van der Waals surface area contributed by atoms with E-state index in [1.807, 2.05) is 12.1 Å². The molecular formula is C20H29ClN2. The topological polar surface area (TPSA) is 6.48 Å². The van der Waals surface area contributed by atoms with Crippen LogP contribution in [0.2, 0.25) is 5.02 Å². The predicted molar refractivity (Wildman–Crippen MR) is 100.0 cm³/mol. The Balaban J connectivity index is 1.70. The molecule has 3 rings (SSSR count). The number of hydrogen-bond acceptors (Lipinski definition) is 2. The zero-order valence-corrected chi connectivity index (χ0v) is 15.3. The molecule has 0 bridgehead atoms. The summed E-state index contributed by atoms with van der Waals surface area (Å²) in [5.41, 5.74) is 4.63. The van der Waals surface area contributed by atoms with Crippen molar-refractivity contribution < 1.29 is 0 Å². The first-order valence-electron chi connectivity index (χ1n) is 9.07. The molecule has 3 heteroatoms. The van der Waals surface area contributed by atoms with E-state index in [2.05, 4.69) is 35.8 Å². The largest absolute Gasteiger partial charge is 0.298 e. The third-order valence-electron chi connectivity index (χ3n) is 5.33. The van der Waals surface area contributed by atoms with Crippen molar-refractivity contribution >= 4 is 17.2 Å². The molecule has 1 heterocycles. The molecule has 23 heavy (non-hydrogen) atoms. The molecule has 0 amide bonds. The van der Waals surface area contributed by atoms with Gasteiger partial charge in [0.1, 0.15) is 0 Å². The summed E-state index contributed by atoms with van der Waals surface area (Å²) < 4.78 is 0. The summed E-state index contributed by atoms with van der Waals surface area (Å²) in [5, 5.41) is 0.830. The van der Waals surface area contributed by atoms with E-state index in [-0.39, 0.29) is 0 Å². The Morgan fingerprint density at radius 3 is 2.26 bits per heavy atom. The number of nitrogens with zero attached hydrogens (tertiary/aromatic N) is 2. The summed E-state index contributed by atoms with van der Waals surface area (Å²) in [4.78, 5) is 5.24. The molecule has 0 spiro atoms. The number of allylic oxidation sites excluding steroid dienone is 1. The van der Waals surface area contributed by atoms with Crippen LogP contribution in [0.25, 0.3) is 5.57 Å². The van der Waals surface area contributed by atoms with Crippen molar-refractivity contribution in [2.24, 2.45) is 0 Å². The lowest BCUT2D eigenvalue weighted by molar-refractivity contribution is 0.114. The summed E-state index contributed by atoms with van der Waals surface area (Å²) >= 11 is 6.05. The molecule has 1 fully saturated rings. The summed E-state index contributed by atoms with van der Waals surface area (Å²) in [7, 11) is 0. The Morgan fingerprint density at radius 2 is 1.61 bits per heavy atom. The van der Waals surface area contributed by atoms with Gasteiger partial charge in [-0.25, -0.2) is 0 Å². The van der Waals surface area contributed by atoms with Crippen molar-refractivity contribution in [3.63, 3.8) is 0 Å². The first kappa shape index (κ1) is 17.0. The lowest BCUT2D eigenvalue weighted by Gasteiger charge is -2.38. The molecule has 1 aliphatic heterocycles. The molecule has 0 radical (unpaired) electrons. The summed E-state index contributed by atoms with van der Waals surface area (Å²) in [6, 6.07) is 9.12. The minimum Gasteiger partial charge on any atom is -0.298 e. The van der Waals surface area contributed by atoms with Gasteiger partial charge in [0.05, 0.1) is 0 Å². The van der Waals surface area contributed by atoms with Crippen molar-refractivity contribution in [3.05, 3.63) is 40.4 Å². The summed E-state index contributed by atoms with van der Waals surface area (Å²) in [5.74, 6) is 0. The molecule has 126 valence electrons. The van der Waals surface area contributed by atoms with Crippen LogP contribution in [0, 0.1) is 0 Å². The smallest absolute Gasteiger partial charge is 0.0406 e. The fourth-order valence-electron chi connectivity index (χ4n) is 3.85. The van der Waals surface area contributed by atoms with Gasteiger partial charge in [0.2, 0.25) is 0 Å². The van der Waals surface area contributed by atoms with Crippen molar-refractivity contribution in [2.75, 3.05) is 32.7 Å². The summed E-state index contributed by atoms with van der Waals surface area (Å²) in [6.45, 7) is 10.6. The maximum atomic E-state index is 6.05. The van der Waals surface area contributed by atoms with Gasteiger partial charge in [-0.15, -0.1) is 0 Å². The average Bonchev–Trinajstić information content (AvgIpc) is 2.57. The van der Waals surface area contributed by atoms with Crippen LogP contribution in [0.15, 0.2) is 29.8 Å². The van der Waals surface area contributed by atoms with Gasteiger partial charge in [-0.05, 0) is 62.8 Å². The van der Waals surface area contributed by atoms with Crippen molar-refractivity contribution in [3.8, 4) is 0 Å². The van der Waals surface area contributed by atoms with Gasteiger partial charge < -0.3 is 0 Å². The van der Waals surface area contributed by atoms with Crippen LogP contribution in [-0.2, 0) is 0 Å². The third-order valence-corrected chi connectivity index (χ3v) is 5.58. The normalized spacial score (nSPS) is 21.2. The minimum atomic E-state index is 0.677. The Hall–Kier alpha value is -0.830. The molecule has 0 saturated carbocycles. The van der Waals surface area contributed by atoms with Crippen molar-refractivity contribution in [1.82, 2.24) is 9.80 Å². The highest BCUT2D eigenvalue weighted by Crippen LogP contribution is 2.33. The Bertz CT molecular complexity index is 539. The van der Waals surface area contributed by atoms with E-state index < -0.39 is 0 Å². The van der Waals surface area contributed by atoms with Gasteiger partial charge in [0.25, 0.3) is 0 Å². The van der Waals surface area contributed by atoms with Gasteiger partial charge in [-0.3, -0.25) is 9.80 Å². The number of halogens is 1. The SMILES string of the molecule is CC(C)N1CCN(CC2=C(c3ccc(Cl)cc3)CCCC2)CC1. The molecular weight excluding hydrogens is 304 g/mol. The van der Waals surface area contributed by atoms with Gasteiger partial charge >= 0.3 is 0 Å². The fourth-order valence-corrected chi connectivity index (χ4v) is 3.98. The van der Waals surface area contributed by atoms with Gasteiger partial charge in [-0.1, -0.05) is 29.3 Å². The van der Waals surface area contributed by atoms with E-state index in [0.717, 1.165) is 11.6 Å². The lowest BCUT2D eigenvalue weighted by atomic mass is 9.87. The summed E-state index contributed by atoms with van der Waals surface area (Å²) in [6.07, 6.45) is 5.16. The van der Waals surface area contributed by atoms with Crippen LogP contribution < -0.4 is 0 Å². The molecule has 1 aromatic rings. The zero-order chi connectivity index (χ0) is 16.2. The maximum absolute atomic E-state index is 6.05. The van der Waals surface area contributed by atoms with Crippen LogP contribution in [-0.4, -0.2) is 48.6 Å². The highest BCUT2D eigenvalue weighted by atomic mass is 35.5. The van der Waals surface area contributed by atoms with Gasteiger partial charge in [-0.2, -0.15) is 0 Å². The molecule has 0 unspecified atom stereocenters. The number of hydrogen-bond donors (Lipinski definition) is 0. The molecule has 0 atom stereocenters. The van der Waals surface area contributed by atoms with Crippen LogP contribution in [0.3, 0.4) is 0 Å². The molecule has 1 aromatic carbocycles. The van der Waals surface area contributed by atoms with E-state index in [9.17, 15) is 0 Å². The Kier molecular flexibility index (Phi) is 5.79. The number of benzene rings is 1. The molecule has 1 saturated heterocycles. The number of piperazine rings is 1. The van der Waals surface area contributed by atoms with E-state index >= 15 is 0 Å². The van der Waals surface area contributed by atoms with Gasteiger partial charge in [0, 0.05) is 43.8 Å². The monoisotopic (exact) mass is 332 g/mol. The second kappa shape index (κ2) is 7.83. The van der Waals surface area contributed by atoms with Crippen LogP contribution in [0.4, 0.5) is 0 Å². The predicted octanol–water partition coefficient (Wildman–Crippen LogP) is 4.69. The standard InChI is InChI=1S/C20H29ClN2/c1-16(2)23-13-11-22(12-14-23)15-18-5-3-4-6-20(18)17-7-9-19(21)10-8-17/h7-10,16H,3-6,11-15H2,1-2H3. The van der Waals surface area contributed by atoms with Gasteiger partial charge in [0.15, 0.2) is 0 Å². The third kappa shape index (κ3) is 4.37. The van der Waals surface area contributed by atoms with Crippen LogP contribution in [0.1, 0.15) is 45.1 Å². The second-order valence-corrected chi connectivity index (χ2v) is 7.64. The Labute approximate surface area is 146 Å². The molecule has 0 N–H and O–H groups in total. The van der Waals surface area contributed by atoms with E-state index in [1.54, 1.807) is 11.1 Å². The van der Waals surface area contributed by atoms with E-state index in [0.29, 0.717) is 6.04 Å². The van der Waals surface area contributed by atoms with Crippen molar-refractivity contribution in [2.45, 2.75) is 45.6 Å². The molecule has 2 nitrogen and oxygen atoms in total. The molecule has 0 aromatic heterocycles.